The summed E-state index contributed by atoms with van der Waals surface area (Å²) < 4.78 is 1.63. The van der Waals surface area contributed by atoms with Crippen molar-refractivity contribution in [2.75, 3.05) is 0 Å². The summed E-state index contributed by atoms with van der Waals surface area (Å²) in [7, 11) is 0. The van der Waals surface area contributed by atoms with Gasteiger partial charge in [0, 0.05) is 22.9 Å². The van der Waals surface area contributed by atoms with Crippen molar-refractivity contribution in [3.63, 3.8) is 0 Å². The Balaban J connectivity index is 2.05. The molecule has 0 amide bonds. The third-order valence-electron chi connectivity index (χ3n) is 4.61. The average molecular weight is 390 g/mol. The van der Waals surface area contributed by atoms with Crippen molar-refractivity contribution in [1.29, 1.82) is 0 Å². The number of para-hydroxylation sites is 1. The molecule has 0 spiro atoms. The second kappa shape index (κ2) is 8.35. The number of hydrogen-bond acceptors (Lipinski definition) is 4. The maximum Gasteiger partial charge on any atom is 0.268 e. The minimum atomic E-state index is -0.347. The molecule has 0 fully saturated rings. The molecule has 1 N–H and O–H groups in total. The first kappa shape index (κ1) is 20.4. The summed E-state index contributed by atoms with van der Waals surface area (Å²) in [5, 5.41) is 14.7. The van der Waals surface area contributed by atoms with Crippen LogP contribution in [0.3, 0.4) is 0 Å². The predicted octanol–water partition coefficient (Wildman–Crippen LogP) is 4.78. The van der Waals surface area contributed by atoms with E-state index in [2.05, 4.69) is 5.16 Å². The first-order chi connectivity index (χ1) is 13.8. The molecule has 150 valence electrons. The monoisotopic (exact) mass is 390 g/mol. The number of aromatic nitrogens is 1. The van der Waals surface area contributed by atoms with Gasteiger partial charge in [-0.15, -0.1) is 0 Å². The molecular formula is C24H26N2O3. The Bertz CT molecular complexity index is 1060. The Labute approximate surface area is 170 Å². The van der Waals surface area contributed by atoms with Crippen molar-refractivity contribution < 1.29 is 9.94 Å². The molecule has 0 atom stereocenters. The van der Waals surface area contributed by atoms with Gasteiger partial charge in [0.15, 0.2) is 0 Å². The van der Waals surface area contributed by atoms with Gasteiger partial charge in [0.05, 0.1) is 5.71 Å². The third kappa shape index (κ3) is 4.57. The Hall–Kier alpha value is -3.34. The normalized spacial score (nSPS) is 12.1. The number of aromatic hydroxyl groups is 1. The van der Waals surface area contributed by atoms with Crippen molar-refractivity contribution in [2.45, 2.75) is 39.7 Å². The van der Waals surface area contributed by atoms with Gasteiger partial charge in [0.25, 0.3) is 5.56 Å². The highest BCUT2D eigenvalue weighted by atomic mass is 16.6. The van der Waals surface area contributed by atoms with E-state index in [0.29, 0.717) is 11.4 Å². The second-order valence-electron chi connectivity index (χ2n) is 7.95. The number of pyridine rings is 1. The fraction of sp³-hybridized carbons (Fsp3) is 0.250. The molecule has 3 rings (SSSR count). The zero-order chi connectivity index (χ0) is 21.0. The van der Waals surface area contributed by atoms with Crippen molar-refractivity contribution >= 4 is 5.71 Å². The number of oxime groups is 1. The molecule has 1 aromatic heterocycles. The van der Waals surface area contributed by atoms with Crippen LogP contribution in [0.1, 0.15) is 44.5 Å². The van der Waals surface area contributed by atoms with Crippen LogP contribution in [-0.4, -0.2) is 15.4 Å². The Kier molecular flexibility index (Phi) is 5.87. The topological polar surface area (TPSA) is 63.8 Å². The van der Waals surface area contributed by atoms with Gasteiger partial charge in [-0.05, 0) is 24.6 Å². The van der Waals surface area contributed by atoms with Crippen molar-refractivity contribution in [1.82, 2.24) is 4.57 Å². The Morgan fingerprint density at radius 1 is 1.03 bits per heavy atom. The fourth-order valence-corrected chi connectivity index (χ4v) is 3.15. The summed E-state index contributed by atoms with van der Waals surface area (Å²) in [6.07, 6.45) is 0. The van der Waals surface area contributed by atoms with E-state index >= 15 is 0 Å². The number of nitrogens with zero attached hydrogens (tertiary/aromatic N) is 2. The molecule has 0 aliphatic carbocycles. The smallest absolute Gasteiger partial charge is 0.268 e. The number of benzene rings is 2. The lowest BCUT2D eigenvalue weighted by Gasteiger charge is -2.25. The molecule has 5 nitrogen and oxygen atoms in total. The summed E-state index contributed by atoms with van der Waals surface area (Å²) in [5.41, 5.74) is 2.21. The molecule has 2 aromatic carbocycles. The van der Waals surface area contributed by atoms with E-state index in [4.69, 9.17) is 4.84 Å². The molecule has 0 unspecified atom stereocenters. The molecule has 0 saturated carbocycles. The average Bonchev–Trinajstić information content (AvgIpc) is 2.68. The minimum Gasteiger partial charge on any atom is -0.507 e. The Morgan fingerprint density at radius 3 is 2.21 bits per heavy atom. The lowest BCUT2D eigenvalue weighted by Crippen LogP contribution is -2.32. The highest BCUT2D eigenvalue weighted by Crippen LogP contribution is 2.28. The van der Waals surface area contributed by atoms with Gasteiger partial charge in [0.1, 0.15) is 17.9 Å². The maximum atomic E-state index is 13.4. The van der Waals surface area contributed by atoms with Crippen molar-refractivity contribution in [3.8, 4) is 11.4 Å². The Morgan fingerprint density at radius 2 is 1.62 bits per heavy atom. The van der Waals surface area contributed by atoms with Crippen LogP contribution in [0, 0.1) is 0 Å². The first-order valence-corrected chi connectivity index (χ1v) is 9.55. The van der Waals surface area contributed by atoms with Gasteiger partial charge in [-0.2, -0.15) is 0 Å². The molecule has 0 aliphatic heterocycles. The van der Waals surface area contributed by atoms with E-state index in [-0.39, 0.29) is 28.9 Å². The van der Waals surface area contributed by atoms with Crippen LogP contribution in [0.15, 0.2) is 76.7 Å². The van der Waals surface area contributed by atoms with E-state index in [1.807, 2.05) is 81.4 Å². The highest BCUT2D eigenvalue weighted by molar-refractivity contribution is 6.00. The van der Waals surface area contributed by atoms with E-state index in [0.717, 1.165) is 11.3 Å². The molecule has 5 heteroatoms. The van der Waals surface area contributed by atoms with Crippen molar-refractivity contribution in [2.24, 2.45) is 5.16 Å². The van der Waals surface area contributed by atoms with Crippen molar-refractivity contribution in [3.05, 3.63) is 93.9 Å². The van der Waals surface area contributed by atoms with Gasteiger partial charge in [-0.1, -0.05) is 74.5 Å². The molecular weight excluding hydrogens is 364 g/mol. The van der Waals surface area contributed by atoms with E-state index in [1.54, 1.807) is 17.6 Å². The molecule has 0 aliphatic rings. The van der Waals surface area contributed by atoms with Crippen LogP contribution in [0.4, 0.5) is 0 Å². The third-order valence-corrected chi connectivity index (χ3v) is 4.61. The van der Waals surface area contributed by atoms with Gasteiger partial charge in [0.2, 0.25) is 0 Å². The van der Waals surface area contributed by atoms with Crippen LogP contribution < -0.4 is 5.56 Å². The summed E-state index contributed by atoms with van der Waals surface area (Å²) in [6, 6.07) is 20.7. The first-order valence-electron chi connectivity index (χ1n) is 9.55. The molecule has 0 radical (unpaired) electrons. The summed E-state index contributed by atoms with van der Waals surface area (Å²) in [4.78, 5) is 18.8. The number of rotatable bonds is 5. The van der Waals surface area contributed by atoms with Gasteiger partial charge >= 0.3 is 0 Å². The molecule has 1 heterocycles. The minimum absolute atomic E-state index is 0.100. The summed E-state index contributed by atoms with van der Waals surface area (Å²) in [6.45, 7) is 7.96. The predicted molar refractivity (Wildman–Crippen MR) is 116 cm³/mol. The van der Waals surface area contributed by atoms with Crippen LogP contribution in [0.25, 0.3) is 5.69 Å². The van der Waals surface area contributed by atoms with Crippen LogP contribution in [-0.2, 0) is 16.9 Å². The second-order valence-corrected chi connectivity index (χ2v) is 7.95. The lowest BCUT2D eigenvalue weighted by molar-refractivity contribution is 0.130. The largest absolute Gasteiger partial charge is 0.507 e. The van der Waals surface area contributed by atoms with Gasteiger partial charge in [-0.25, -0.2) is 0 Å². The molecule has 0 saturated heterocycles. The van der Waals surface area contributed by atoms with Crippen LogP contribution in [0.2, 0.25) is 0 Å². The SMILES string of the molecule is C/C(=N\OCc1ccccc1)c1c(O)cc(C(C)(C)C)n(-c2ccccc2)c1=O. The van der Waals surface area contributed by atoms with Crippen LogP contribution in [0.5, 0.6) is 5.75 Å². The van der Waals surface area contributed by atoms with E-state index < -0.39 is 0 Å². The standard InChI is InChI=1S/C24H26N2O3/c1-17(25-29-16-18-11-7-5-8-12-18)22-20(27)15-21(24(2,3)4)26(23(22)28)19-13-9-6-10-14-19/h5-15,27H,16H2,1-4H3/b25-17+. The van der Waals surface area contributed by atoms with E-state index in [1.165, 1.54) is 0 Å². The van der Waals surface area contributed by atoms with Gasteiger partial charge < -0.3 is 9.94 Å². The molecule has 3 aromatic rings. The highest BCUT2D eigenvalue weighted by Gasteiger charge is 2.25. The lowest BCUT2D eigenvalue weighted by atomic mass is 9.90. The summed E-state index contributed by atoms with van der Waals surface area (Å²) >= 11 is 0. The van der Waals surface area contributed by atoms with Crippen LogP contribution >= 0.6 is 0 Å². The fourth-order valence-electron chi connectivity index (χ4n) is 3.15. The zero-order valence-electron chi connectivity index (χ0n) is 17.2. The maximum absolute atomic E-state index is 13.4. The quantitative estimate of drug-likeness (QED) is 0.504. The zero-order valence-corrected chi connectivity index (χ0v) is 17.2. The van der Waals surface area contributed by atoms with Gasteiger partial charge in [-0.3, -0.25) is 9.36 Å². The summed E-state index contributed by atoms with van der Waals surface area (Å²) in [5.74, 6) is -0.100. The molecule has 0 bridgehead atoms. The molecule has 29 heavy (non-hydrogen) atoms. The number of hydrogen-bond donors (Lipinski definition) is 1. The van der Waals surface area contributed by atoms with E-state index in [9.17, 15) is 9.90 Å².